The Balaban J connectivity index is 2.38. The van der Waals surface area contributed by atoms with Gasteiger partial charge in [0.15, 0.2) is 5.82 Å². The predicted molar refractivity (Wildman–Crippen MR) is 59.5 cm³/mol. The van der Waals surface area contributed by atoms with Crippen LogP contribution in [0.4, 0.5) is 0 Å². The normalized spacial score (nSPS) is 10.8. The quantitative estimate of drug-likeness (QED) is 0.657. The molecule has 16 heavy (non-hydrogen) atoms. The van der Waals surface area contributed by atoms with Crippen molar-refractivity contribution in [3.05, 3.63) is 53.2 Å². The highest BCUT2D eigenvalue weighted by atomic mass is 16.1. The lowest BCUT2D eigenvalue weighted by Crippen LogP contribution is -2.05. The van der Waals surface area contributed by atoms with Crippen LogP contribution < -0.4 is 5.56 Å². The van der Waals surface area contributed by atoms with Gasteiger partial charge in [-0.15, -0.1) is 0 Å². The summed E-state index contributed by atoms with van der Waals surface area (Å²) < 4.78 is 1.67. The number of aromatic amines is 1. The highest BCUT2D eigenvalue weighted by Crippen LogP contribution is 2.15. The van der Waals surface area contributed by atoms with E-state index in [4.69, 9.17) is 0 Å². The SMILES string of the molecule is O=c1ccc2c(-n3cccn3)nccc2[nH]1. The summed E-state index contributed by atoms with van der Waals surface area (Å²) in [7, 11) is 0. The van der Waals surface area contributed by atoms with Gasteiger partial charge in [-0.3, -0.25) is 4.79 Å². The number of aromatic nitrogens is 4. The standard InChI is InChI=1S/C11H8N4O/c16-10-3-2-8-9(14-10)4-6-12-11(8)15-7-1-5-13-15/h1-7H,(H,14,16). The van der Waals surface area contributed by atoms with E-state index in [1.807, 2.05) is 12.3 Å². The molecule has 3 aromatic rings. The number of pyridine rings is 2. The van der Waals surface area contributed by atoms with Crippen LogP contribution in [0.3, 0.4) is 0 Å². The molecule has 5 nitrogen and oxygen atoms in total. The van der Waals surface area contributed by atoms with E-state index in [2.05, 4.69) is 15.1 Å². The minimum atomic E-state index is -0.120. The number of hydrogen-bond acceptors (Lipinski definition) is 3. The number of nitrogens with zero attached hydrogens (tertiary/aromatic N) is 3. The van der Waals surface area contributed by atoms with Crippen molar-refractivity contribution in [2.75, 3.05) is 0 Å². The smallest absolute Gasteiger partial charge is 0.248 e. The Bertz CT molecular complexity index is 685. The van der Waals surface area contributed by atoms with Gasteiger partial charge < -0.3 is 4.98 Å². The average molecular weight is 212 g/mol. The van der Waals surface area contributed by atoms with Crippen LogP contribution in [0.15, 0.2) is 47.7 Å². The third-order valence-electron chi connectivity index (χ3n) is 2.35. The van der Waals surface area contributed by atoms with Gasteiger partial charge in [0.1, 0.15) is 0 Å². The Labute approximate surface area is 90.4 Å². The second-order valence-electron chi connectivity index (χ2n) is 3.37. The van der Waals surface area contributed by atoms with Crippen molar-refractivity contribution >= 4 is 10.9 Å². The summed E-state index contributed by atoms with van der Waals surface area (Å²) in [6, 6.07) is 6.82. The summed E-state index contributed by atoms with van der Waals surface area (Å²) in [5, 5.41) is 4.99. The molecule has 0 atom stereocenters. The van der Waals surface area contributed by atoms with Crippen molar-refractivity contribution in [1.82, 2.24) is 19.7 Å². The molecule has 0 aromatic carbocycles. The Kier molecular flexibility index (Phi) is 1.83. The lowest BCUT2D eigenvalue weighted by atomic mass is 10.2. The minimum absolute atomic E-state index is 0.120. The lowest BCUT2D eigenvalue weighted by Gasteiger charge is -2.04. The van der Waals surface area contributed by atoms with E-state index in [1.165, 1.54) is 6.07 Å². The van der Waals surface area contributed by atoms with E-state index in [-0.39, 0.29) is 5.56 Å². The predicted octanol–water partition coefficient (Wildman–Crippen LogP) is 1.11. The van der Waals surface area contributed by atoms with Gasteiger partial charge in [-0.25, -0.2) is 9.67 Å². The molecule has 78 valence electrons. The Morgan fingerprint density at radius 3 is 2.94 bits per heavy atom. The molecule has 1 N–H and O–H groups in total. The second-order valence-corrected chi connectivity index (χ2v) is 3.37. The molecule has 0 saturated carbocycles. The van der Waals surface area contributed by atoms with Crippen molar-refractivity contribution in [3.8, 4) is 5.82 Å². The largest absolute Gasteiger partial charge is 0.322 e. The maximum Gasteiger partial charge on any atom is 0.248 e. The third kappa shape index (κ3) is 1.30. The zero-order valence-electron chi connectivity index (χ0n) is 8.29. The Hall–Kier alpha value is -2.43. The first-order chi connectivity index (χ1) is 7.84. The van der Waals surface area contributed by atoms with E-state index in [1.54, 1.807) is 29.2 Å². The lowest BCUT2D eigenvalue weighted by molar-refractivity contribution is 0.855. The maximum atomic E-state index is 11.2. The summed E-state index contributed by atoms with van der Waals surface area (Å²) in [6.07, 6.45) is 5.15. The molecule has 0 radical (unpaired) electrons. The van der Waals surface area contributed by atoms with Gasteiger partial charge in [-0.2, -0.15) is 5.10 Å². The molecule has 0 aliphatic heterocycles. The molecule has 0 fully saturated rings. The fourth-order valence-electron chi connectivity index (χ4n) is 1.65. The van der Waals surface area contributed by atoms with Crippen LogP contribution in [0.5, 0.6) is 0 Å². The summed E-state index contributed by atoms with van der Waals surface area (Å²) in [5.41, 5.74) is 0.637. The molecule has 3 aromatic heterocycles. The molecule has 5 heteroatoms. The van der Waals surface area contributed by atoms with Gasteiger partial charge in [-0.05, 0) is 18.2 Å². The molecule has 0 saturated heterocycles. The van der Waals surface area contributed by atoms with E-state index in [0.29, 0.717) is 5.82 Å². The van der Waals surface area contributed by atoms with Crippen LogP contribution in [-0.2, 0) is 0 Å². The fourth-order valence-corrected chi connectivity index (χ4v) is 1.65. The third-order valence-corrected chi connectivity index (χ3v) is 2.35. The Morgan fingerprint density at radius 2 is 2.12 bits per heavy atom. The van der Waals surface area contributed by atoms with Crippen molar-refractivity contribution in [2.45, 2.75) is 0 Å². The van der Waals surface area contributed by atoms with E-state index in [0.717, 1.165) is 10.9 Å². The minimum Gasteiger partial charge on any atom is -0.322 e. The molecule has 3 rings (SSSR count). The zero-order chi connectivity index (χ0) is 11.0. The van der Waals surface area contributed by atoms with Crippen molar-refractivity contribution in [1.29, 1.82) is 0 Å². The van der Waals surface area contributed by atoms with E-state index < -0.39 is 0 Å². The van der Waals surface area contributed by atoms with Crippen LogP contribution in [0.2, 0.25) is 0 Å². The van der Waals surface area contributed by atoms with Crippen LogP contribution in [0.1, 0.15) is 0 Å². The van der Waals surface area contributed by atoms with Crippen molar-refractivity contribution in [3.63, 3.8) is 0 Å². The van der Waals surface area contributed by atoms with Gasteiger partial charge >= 0.3 is 0 Å². The monoisotopic (exact) mass is 212 g/mol. The summed E-state index contributed by atoms with van der Waals surface area (Å²) in [6.45, 7) is 0. The number of rotatable bonds is 1. The average Bonchev–Trinajstić information content (AvgIpc) is 2.81. The van der Waals surface area contributed by atoms with Crippen molar-refractivity contribution < 1.29 is 0 Å². The first-order valence-electron chi connectivity index (χ1n) is 4.83. The highest BCUT2D eigenvalue weighted by Gasteiger charge is 2.04. The first kappa shape index (κ1) is 8.84. The van der Waals surface area contributed by atoms with Crippen LogP contribution in [-0.4, -0.2) is 19.7 Å². The van der Waals surface area contributed by atoms with E-state index in [9.17, 15) is 4.79 Å². The summed E-state index contributed by atoms with van der Waals surface area (Å²) in [5.74, 6) is 0.707. The molecular formula is C11H8N4O. The molecular weight excluding hydrogens is 204 g/mol. The fraction of sp³-hybridized carbons (Fsp3) is 0. The molecule has 0 spiro atoms. The summed E-state index contributed by atoms with van der Waals surface area (Å²) >= 11 is 0. The molecule has 0 aliphatic carbocycles. The number of nitrogens with one attached hydrogen (secondary N) is 1. The number of fused-ring (bicyclic) bond motifs is 1. The molecule has 0 unspecified atom stereocenters. The van der Waals surface area contributed by atoms with Crippen molar-refractivity contribution in [2.24, 2.45) is 0 Å². The highest BCUT2D eigenvalue weighted by molar-refractivity contribution is 5.84. The topological polar surface area (TPSA) is 63.6 Å². The van der Waals surface area contributed by atoms with Gasteiger partial charge in [0.2, 0.25) is 5.56 Å². The van der Waals surface area contributed by atoms with E-state index >= 15 is 0 Å². The van der Waals surface area contributed by atoms with Gasteiger partial charge in [0, 0.05) is 30.0 Å². The molecule has 0 bridgehead atoms. The maximum absolute atomic E-state index is 11.2. The Morgan fingerprint density at radius 1 is 1.19 bits per heavy atom. The first-order valence-corrected chi connectivity index (χ1v) is 4.83. The molecule has 0 aliphatic rings. The summed E-state index contributed by atoms with van der Waals surface area (Å²) in [4.78, 5) is 18.2. The van der Waals surface area contributed by atoms with Crippen LogP contribution >= 0.6 is 0 Å². The van der Waals surface area contributed by atoms with Crippen LogP contribution in [0.25, 0.3) is 16.7 Å². The van der Waals surface area contributed by atoms with Crippen LogP contribution in [0, 0.1) is 0 Å². The van der Waals surface area contributed by atoms with Gasteiger partial charge in [0.25, 0.3) is 0 Å². The zero-order valence-corrected chi connectivity index (χ0v) is 8.29. The number of H-pyrrole nitrogens is 1. The number of hydrogen-bond donors (Lipinski definition) is 1. The molecule has 0 amide bonds. The molecule has 3 heterocycles. The van der Waals surface area contributed by atoms with Gasteiger partial charge in [0.05, 0.1) is 5.52 Å². The van der Waals surface area contributed by atoms with Gasteiger partial charge in [-0.1, -0.05) is 0 Å². The second kappa shape index (κ2) is 3.30.